The van der Waals surface area contributed by atoms with Crippen molar-refractivity contribution in [3.63, 3.8) is 0 Å². The van der Waals surface area contributed by atoms with Gasteiger partial charge in [-0.25, -0.2) is 0 Å². The fraction of sp³-hybridized carbons (Fsp3) is 0.800. The van der Waals surface area contributed by atoms with Crippen LogP contribution in [0.3, 0.4) is 0 Å². The second-order valence-electron chi connectivity index (χ2n) is 5.68. The van der Waals surface area contributed by atoms with Gasteiger partial charge in [0.2, 0.25) is 11.8 Å². The van der Waals surface area contributed by atoms with Gasteiger partial charge in [-0.3, -0.25) is 19.7 Å². The SMILES string of the molecule is CCCC(C)C(=O)C(O)NCC(=O)NC(CCCCN)C(N)=O. The summed E-state index contributed by atoms with van der Waals surface area (Å²) in [5, 5.41) is 14.7. The molecule has 0 fully saturated rings. The quantitative estimate of drug-likeness (QED) is 0.216. The van der Waals surface area contributed by atoms with Crippen molar-refractivity contribution >= 4 is 17.6 Å². The Labute approximate surface area is 137 Å². The normalized spacial score (nSPS) is 14.8. The highest BCUT2D eigenvalue weighted by Gasteiger charge is 2.22. The summed E-state index contributed by atoms with van der Waals surface area (Å²) in [6.07, 6.45) is 1.94. The largest absolute Gasteiger partial charge is 0.371 e. The van der Waals surface area contributed by atoms with Crippen LogP contribution in [0.2, 0.25) is 0 Å². The number of hydrogen-bond donors (Lipinski definition) is 5. The number of nitrogens with two attached hydrogens (primary N) is 2. The van der Waals surface area contributed by atoms with E-state index in [1.807, 2.05) is 6.92 Å². The summed E-state index contributed by atoms with van der Waals surface area (Å²) in [5.74, 6) is -1.76. The zero-order valence-electron chi connectivity index (χ0n) is 14.0. The van der Waals surface area contributed by atoms with Crippen molar-refractivity contribution in [1.82, 2.24) is 10.6 Å². The molecule has 23 heavy (non-hydrogen) atoms. The van der Waals surface area contributed by atoms with E-state index >= 15 is 0 Å². The molecule has 0 radical (unpaired) electrons. The Bertz CT molecular complexity index is 390. The lowest BCUT2D eigenvalue weighted by atomic mass is 10.00. The topological polar surface area (TPSA) is 148 Å². The number of nitrogens with one attached hydrogen (secondary N) is 2. The van der Waals surface area contributed by atoms with E-state index < -0.39 is 24.1 Å². The number of Topliss-reactive ketones (excluding diaryl/α,β-unsaturated/α-hetero) is 1. The molecule has 3 unspecified atom stereocenters. The van der Waals surface area contributed by atoms with Crippen LogP contribution < -0.4 is 22.1 Å². The third kappa shape index (κ3) is 9.27. The van der Waals surface area contributed by atoms with Gasteiger partial charge < -0.3 is 21.9 Å². The van der Waals surface area contributed by atoms with Crippen LogP contribution in [0.1, 0.15) is 46.0 Å². The van der Waals surface area contributed by atoms with Crippen molar-refractivity contribution in [3.8, 4) is 0 Å². The summed E-state index contributed by atoms with van der Waals surface area (Å²) in [6.45, 7) is 3.92. The predicted molar refractivity (Wildman–Crippen MR) is 87.1 cm³/mol. The van der Waals surface area contributed by atoms with Gasteiger partial charge in [-0.05, 0) is 32.2 Å². The number of amides is 2. The van der Waals surface area contributed by atoms with Crippen molar-refractivity contribution in [2.45, 2.75) is 58.2 Å². The van der Waals surface area contributed by atoms with E-state index in [-0.39, 0.29) is 18.2 Å². The summed E-state index contributed by atoms with van der Waals surface area (Å²) in [5.41, 5.74) is 10.6. The van der Waals surface area contributed by atoms with Gasteiger partial charge in [0.05, 0.1) is 6.54 Å². The standard InChI is InChI=1S/C15H30N4O4/c1-3-6-10(2)13(21)15(23)18-9-12(20)19-11(14(17)22)7-4-5-8-16/h10-11,15,18,23H,3-9,16H2,1-2H3,(H2,17,22)(H,19,20). The zero-order chi connectivity index (χ0) is 17.8. The minimum atomic E-state index is -1.40. The van der Waals surface area contributed by atoms with Gasteiger partial charge in [-0.15, -0.1) is 0 Å². The number of hydrogen-bond acceptors (Lipinski definition) is 6. The van der Waals surface area contributed by atoms with Gasteiger partial charge >= 0.3 is 0 Å². The van der Waals surface area contributed by atoms with Gasteiger partial charge in [-0.2, -0.15) is 0 Å². The number of rotatable bonds is 13. The van der Waals surface area contributed by atoms with Crippen molar-refractivity contribution in [2.75, 3.05) is 13.1 Å². The molecule has 2 amide bonds. The second-order valence-corrected chi connectivity index (χ2v) is 5.68. The van der Waals surface area contributed by atoms with E-state index in [4.69, 9.17) is 11.5 Å². The average molecular weight is 330 g/mol. The van der Waals surface area contributed by atoms with Crippen molar-refractivity contribution in [2.24, 2.45) is 17.4 Å². The Hall–Kier alpha value is -1.51. The maximum atomic E-state index is 11.8. The van der Waals surface area contributed by atoms with E-state index in [1.54, 1.807) is 6.92 Å². The number of ketones is 1. The van der Waals surface area contributed by atoms with E-state index in [1.165, 1.54) is 0 Å². The molecule has 8 heteroatoms. The first-order chi connectivity index (χ1) is 10.8. The monoisotopic (exact) mass is 330 g/mol. The summed E-state index contributed by atoms with van der Waals surface area (Å²) < 4.78 is 0. The third-order valence-electron chi connectivity index (χ3n) is 3.56. The maximum absolute atomic E-state index is 11.8. The molecule has 0 rings (SSSR count). The first-order valence-corrected chi connectivity index (χ1v) is 8.07. The molecular formula is C15H30N4O4. The molecular weight excluding hydrogens is 300 g/mol. The minimum absolute atomic E-state index is 0.271. The lowest BCUT2D eigenvalue weighted by molar-refractivity contribution is -0.133. The van der Waals surface area contributed by atoms with Crippen LogP contribution in [0.15, 0.2) is 0 Å². The van der Waals surface area contributed by atoms with Crippen LogP contribution in [0, 0.1) is 5.92 Å². The number of primary amides is 1. The van der Waals surface area contributed by atoms with E-state index in [9.17, 15) is 19.5 Å². The average Bonchev–Trinajstić information content (AvgIpc) is 2.51. The highest BCUT2D eigenvalue weighted by molar-refractivity contribution is 5.88. The maximum Gasteiger partial charge on any atom is 0.240 e. The lowest BCUT2D eigenvalue weighted by Gasteiger charge is -2.18. The molecule has 0 heterocycles. The molecule has 134 valence electrons. The molecule has 3 atom stereocenters. The van der Waals surface area contributed by atoms with Crippen molar-refractivity contribution < 1.29 is 19.5 Å². The minimum Gasteiger partial charge on any atom is -0.371 e. The summed E-state index contributed by atoms with van der Waals surface area (Å²) in [7, 11) is 0. The van der Waals surface area contributed by atoms with Crippen LogP contribution >= 0.6 is 0 Å². The van der Waals surface area contributed by atoms with E-state index in [0.29, 0.717) is 25.8 Å². The molecule has 0 aliphatic heterocycles. The molecule has 0 aromatic rings. The molecule has 8 nitrogen and oxygen atoms in total. The van der Waals surface area contributed by atoms with Crippen molar-refractivity contribution in [3.05, 3.63) is 0 Å². The molecule has 0 aliphatic rings. The van der Waals surface area contributed by atoms with Gasteiger partial charge in [0.25, 0.3) is 0 Å². The van der Waals surface area contributed by atoms with E-state index in [2.05, 4.69) is 10.6 Å². The van der Waals surface area contributed by atoms with Crippen molar-refractivity contribution in [1.29, 1.82) is 0 Å². The Morgan fingerprint density at radius 2 is 1.83 bits per heavy atom. The number of carbonyl (C=O) groups excluding carboxylic acids is 3. The Kier molecular flexibility index (Phi) is 11.2. The molecule has 0 saturated heterocycles. The molecule has 0 spiro atoms. The molecule has 0 bridgehead atoms. The summed E-state index contributed by atoms with van der Waals surface area (Å²) in [6, 6.07) is -0.775. The molecule has 0 aromatic carbocycles. The molecule has 0 aliphatic carbocycles. The number of aliphatic hydroxyl groups is 1. The van der Waals surface area contributed by atoms with E-state index in [0.717, 1.165) is 12.8 Å². The van der Waals surface area contributed by atoms with Crippen LogP contribution in [0.25, 0.3) is 0 Å². The number of unbranched alkanes of at least 4 members (excludes halogenated alkanes) is 1. The third-order valence-corrected chi connectivity index (χ3v) is 3.56. The lowest BCUT2D eigenvalue weighted by Crippen LogP contribution is -2.50. The van der Waals surface area contributed by atoms with Crippen LogP contribution in [-0.4, -0.2) is 48.1 Å². The Morgan fingerprint density at radius 1 is 1.17 bits per heavy atom. The highest BCUT2D eigenvalue weighted by Crippen LogP contribution is 2.07. The molecule has 7 N–H and O–H groups in total. The first kappa shape index (κ1) is 21.5. The van der Waals surface area contributed by atoms with Gasteiger partial charge in [0.1, 0.15) is 6.04 Å². The van der Waals surface area contributed by atoms with Gasteiger partial charge in [0, 0.05) is 5.92 Å². The zero-order valence-corrected chi connectivity index (χ0v) is 14.0. The summed E-state index contributed by atoms with van der Waals surface area (Å²) >= 11 is 0. The number of carbonyl (C=O) groups is 3. The fourth-order valence-electron chi connectivity index (χ4n) is 2.16. The fourth-order valence-corrected chi connectivity index (χ4v) is 2.16. The first-order valence-electron chi connectivity index (χ1n) is 8.07. The van der Waals surface area contributed by atoms with Gasteiger partial charge in [-0.1, -0.05) is 20.3 Å². The molecule has 0 aromatic heterocycles. The second kappa shape index (κ2) is 12.0. The van der Waals surface area contributed by atoms with Gasteiger partial charge in [0.15, 0.2) is 12.0 Å². The number of aliphatic hydroxyl groups excluding tert-OH is 1. The Morgan fingerprint density at radius 3 is 2.35 bits per heavy atom. The summed E-state index contributed by atoms with van der Waals surface area (Å²) in [4.78, 5) is 34.9. The smallest absolute Gasteiger partial charge is 0.240 e. The van der Waals surface area contributed by atoms with Crippen LogP contribution in [0.5, 0.6) is 0 Å². The predicted octanol–water partition coefficient (Wildman–Crippen LogP) is -1.00. The van der Waals surface area contributed by atoms with Crippen LogP contribution in [0.4, 0.5) is 0 Å². The Balaban J connectivity index is 4.25. The highest BCUT2D eigenvalue weighted by atomic mass is 16.3. The molecule has 0 saturated carbocycles. The van der Waals surface area contributed by atoms with Crippen LogP contribution in [-0.2, 0) is 14.4 Å².